The maximum Gasteiger partial charge on any atom is 0.162 e. The van der Waals surface area contributed by atoms with Crippen molar-refractivity contribution in [2.45, 2.75) is 5.54 Å². The second-order valence-corrected chi connectivity index (χ2v) is 9.31. The van der Waals surface area contributed by atoms with Crippen LogP contribution in [-0.2, 0) is 5.54 Å². The summed E-state index contributed by atoms with van der Waals surface area (Å²) in [6.45, 7) is 0. The molecule has 38 heavy (non-hydrogen) atoms. The monoisotopic (exact) mass is 516 g/mol. The van der Waals surface area contributed by atoms with E-state index in [1.165, 1.54) is 0 Å². The van der Waals surface area contributed by atoms with Crippen LogP contribution < -0.4 is 10.1 Å². The van der Waals surface area contributed by atoms with Crippen LogP contribution in [0.5, 0.6) is 5.75 Å². The summed E-state index contributed by atoms with van der Waals surface area (Å²) in [6, 6.07) is 41.0. The van der Waals surface area contributed by atoms with Crippen molar-refractivity contribution >= 4 is 34.0 Å². The molecular formula is C32H25ClN4O. The molecule has 0 aliphatic carbocycles. The standard InChI is InChI=1S/C32H25ClN4O/c1-38-29-20-12-11-19-27(29)35-31-26-22-34-30(33)21-28(26)37(36-31)32(23-13-5-2-6-14-23,24-15-7-3-8-16-24)25-17-9-4-10-18-25/h2-22H,1H3,(H,35,36). The number of ether oxygens (including phenoxy) is 1. The molecule has 6 heteroatoms. The summed E-state index contributed by atoms with van der Waals surface area (Å²) < 4.78 is 7.66. The number of nitrogens with zero attached hydrogens (tertiary/aromatic N) is 3. The van der Waals surface area contributed by atoms with Gasteiger partial charge in [-0.15, -0.1) is 0 Å². The normalized spacial score (nSPS) is 11.4. The van der Waals surface area contributed by atoms with Gasteiger partial charge in [-0.25, -0.2) is 9.67 Å². The molecule has 0 radical (unpaired) electrons. The summed E-state index contributed by atoms with van der Waals surface area (Å²) in [5.74, 6) is 1.37. The van der Waals surface area contributed by atoms with Crippen LogP contribution in [0.1, 0.15) is 16.7 Å². The van der Waals surface area contributed by atoms with Gasteiger partial charge in [0, 0.05) is 12.3 Å². The number of hydrogen-bond acceptors (Lipinski definition) is 4. The van der Waals surface area contributed by atoms with Crippen molar-refractivity contribution in [3.8, 4) is 5.75 Å². The molecule has 0 aliphatic heterocycles. The van der Waals surface area contributed by atoms with E-state index in [-0.39, 0.29) is 0 Å². The van der Waals surface area contributed by atoms with Crippen molar-refractivity contribution in [3.63, 3.8) is 0 Å². The highest BCUT2D eigenvalue weighted by molar-refractivity contribution is 6.30. The van der Waals surface area contributed by atoms with Gasteiger partial charge in [-0.1, -0.05) is 115 Å². The molecule has 0 spiro atoms. The SMILES string of the molecule is COc1ccccc1Nc1nn(C(c2ccccc2)(c2ccccc2)c2ccccc2)c2cc(Cl)ncc12. The Morgan fingerprint density at radius 2 is 1.26 bits per heavy atom. The number of hydrogen-bond donors (Lipinski definition) is 1. The Morgan fingerprint density at radius 3 is 1.82 bits per heavy atom. The molecule has 0 aliphatic rings. The fourth-order valence-corrected chi connectivity index (χ4v) is 5.27. The Kier molecular flexibility index (Phi) is 6.28. The van der Waals surface area contributed by atoms with Crippen molar-refractivity contribution in [1.29, 1.82) is 0 Å². The van der Waals surface area contributed by atoms with Crippen LogP contribution in [-0.4, -0.2) is 21.9 Å². The summed E-state index contributed by atoms with van der Waals surface area (Å²) in [6.07, 6.45) is 1.77. The minimum absolute atomic E-state index is 0.394. The lowest BCUT2D eigenvalue weighted by Crippen LogP contribution is -2.38. The molecular weight excluding hydrogens is 492 g/mol. The van der Waals surface area contributed by atoms with Gasteiger partial charge in [0.05, 0.1) is 23.7 Å². The van der Waals surface area contributed by atoms with Crippen LogP contribution in [0.3, 0.4) is 0 Å². The molecule has 6 aromatic rings. The topological polar surface area (TPSA) is 52.0 Å². The van der Waals surface area contributed by atoms with Crippen LogP contribution in [0.15, 0.2) is 128 Å². The van der Waals surface area contributed by atoms with E-state index in [0.717, 1.165) is 39.0 Å². The van der Waals surface area contributed by atoms with Crippen molar-refractivity contribution < 1.29 is 4.74 Å². The van der Waals surface area contributed by atoms with Crippen LogP contribution in [0.2, 0.25) is 5.15 Å². The molecule has 6 rings (SSSR count). The first-order chi connectivity index (χ1) is 18.7. The Bertz CT molecular complexity index is 1590. The van der Waals surface area contributed by atoms with Gasteiger partial charge >= 0.3 is 0 Å². The Morgan fingerprint density at radius 1 is 0.737 bits per heavy atom. The highest BCUT2D eigenvalue weighted by Gasteiger charge is 2.41. The molecule has 0 fully saturated rings. The molecule has 186 valence electrons. The van der Waals surface area contributed by atoms with Crippen LogP contribution >= 0.6 is 11.6 Å². The average molecular weight is 517 g/mol. The van der Waals surface area contributed by atoms with Crippen LogP contribution in [0, 0.1) is 0 Å². The molecule has 4 aromatic carbocycles. The molecule has 0 saturated heterocycles. The Balaban J connectivity index is 1.72. The van der Waals surface area contributed by atoms with E-state index >= 15 is 0 Å². The van der Waals surface area contributed by atoms with Crippen molar-refractivity contribution in [3.05, 3.63) is 149 Å². The number of methoxy groups -OCH3 is 1. The third-order valence-electron chi connectivity index (χ3n) is 6.78. The summed E-state index contributed by atoms with van der Waals surface area (Å²) in [5.41, 5.74) is 4.06. The lowest BCUT2D eigenvalue weighted by Gasteiger charge is -2.37. The molecule has 1 N–H and O–H groups in total. The van der Waals surface area contributed by atoms with E-state index in [9.17, 15) is 0 Å². The highest BCUT2D eigenvalue weighted by atomic mass is 35.5. The minimum Gasteiger partial charge on any atom is -0.495 e. The number of halogens is 1. The minimum atomic E-state index is -0.798. The third kappa shape index (κ3) is 3.98. The van der Waals surface area contributed by atoms with Crippen molar-refractivity contribution in [2.24, 2.45) is 0 Å². The zero-order valence-electron chi connectivity index (χ0n) is 20.8. The van der Waals surface area contributed by atoms with Gasteiger partial charge in [0.2, 0.25) is 0 Å². The summed E-state index contributed by atoms with van der Waals surface area (Å²) in [4.78, 5) is 4.41. The molecule has 0 atom stereocenters. The zero-order valence-corrected chi connectivity index (χ0v) is 21.5. The predicted octanol–water partition coefficient (Wildman–Crippen LogP) is 7.68. The third-order valence-corrected chi connectivity index (χ3v) is 6.99. The van der Waals surface area contributed by atoms with Gasteiger partial charge in [-0.2, -0.15) is 5.10 Å². The average Bonchev–Trinajstić information content (AvgIpc) is 3.33. The second-order valence-electron chi connectivity index (χ2n) is 8.92. The lowest BCUT2D eigenvalue weighted by molar-refractivity contribution is 0.416. The maximum atomic E-state index is 6.50. The van der Waals surface area contributed by atoms with E-state index in [4.69, 9.17) is 21.4 Å². The first kappa shape index (κ1) is 23.8. The van der Waals surface area contributed by atoms with Crippen LogP contribution in [0.25, 0.3) is 10.9 Å². The number of rotatable bonds is 7. The van der Waals surface area contributed by atoms with E-state index in [0.29, 0.717) is 11.0 Å². The Hall–Kier alpha value is -4.61. The summed E-state index contributed by atoms with van der Waals surface area (Å²) in [5, 5.41) is 9.98. The smallest absolute Gasteiger partial charge is 0.162 e. The quantitative estimate of drug-likeness (QED) is 0.175. The van der Waals surface area contributed by atoms with E-state index in [2.05, 4.69) is 87.8 Å². The van der Waals surface area contributed by atoms with Gasteiger partial charge < -0.3 is 10.1 Å². The molecule has 5 nitrogen and oxygen atoms in total. The van der Waals surface area contributed by atoms with E-state index in [1.54, 1.807) is 13.3 Å². The number of aromatic nitrogens is 3. The molecule has 2 heterocycles. The van der Waals surface area contributed by atoms with Gasteiger partial charge in [0.25, 0.3) is 0 Å². The fourth-order valence-electron chi connectivity index (χ4n) is 5.11. The van der Waals surface area contributed by atoms with Gasteiger partial charge in [0.15, 0.2) is 5.82 Å². The molecule has 0 saturated carbocycles. The molecule has 2 aromatic heterocycles. The van der Waals surface area contributed by atoms with Gasteiger partial charge in [-0.3, -0.25) is 0 Å². The van der Waals surface area contributed by atoms with E-state index < -0.39 is 5.54 Å². The van der Waals surface area contributed by atoms with Crippen molar-refractivity contribution in [1.82, 2.24) is 14.8 Å². The lowest BCUT2D eigenvalue weighted by atomic mass is 9.77. The second kappa shape index (κ2) is 10.0. The number of fused-ring (bicyclic) bond motifs is 1. The first-order valence-electron chi connectivity index (χ1n) is 12.3. The van der Waals surface area contributed by atoms with Crippen LogP contribution in [0.4, 0.5) is 11.5 Å². The molecule has 0 unspecified atom stereocenters. The molecule has 0 bridgehead atoms. The van der Waals surface area contributed by atoms with Gasteiger partial charge in [0.1, 0.15) is 16.4 Å². The highest BCUT2D eigenvalue weighted by Crippen LogP contribution is 2.44. The summed E-state index contributed by atoms with van der Waals surface area (Å²) >= 11 is 6.50. The fraction of sp³-hybridized carbons (Fsp3) is 0.0625. The zero-order chi connectivity index (χ0) is 26.0. The van der Waals surface area contributed by atoms with Crippen molar-refractivity contribution in [2.75, 3.05) is 12.4 Å². The number of pyridine rings is 1. The predicted molar refractivity (Wildman–Crippen MR) is 153 cm³/mol. The van der Waals surface area contributed by atoms with Gasteiger partial charge in [-0.05, 0) is 28.8 Å². The Labute approximate surface area is 226 Å². The molecule has 0 amide bonds. The number of anilines is 2. The maximum absolute atomic E-state index is 6.50. The van der Waals surface area contributed by atoms with E-state index in [1.807, 2.05) is 48.5 Å². The first-order valence-corrected chi connectivity index (χ1v) is 12.7. The number of benzene rings is 4. The largest absolute Gasteiger partial charge is 0.495 e. The number of para-hydroxylation sites is 2. The summed E-state index contributed by atoms with van der Waals surface area (Å²) in [7, 11) is 1.66. The number of nitrogens with one attached hydrogen (secondary N) is 1.